The van der Waals surface area contributed by atoms with Gasteiger partial charge in [-0.15, -0.1) is 0 Å². The summed E-state index contributed by atoms with van der Waals surface area (Å²) in [5, 5.41) is 0.967. The molecule has 0 aliphatic heterocycles. The lowest BCUT2D eigenvalue weighted by Crippen LogP contribution is -2.28. The maximum atomic E-state index is 3.61. The molecule has 0 spiro atoms. The average molecular weight is 294 g/mol. The lowest BCUT2D eigenvalue weighted by molar-refractivity contribution is 0.678. The fourth-order valence-corrected chi connectivity index (χ4v) is 2.90. The van der Waals surface area contributed by atoms with E-state index in [2.05, 4.69) is 45.1 Å². The third-order valence-corrected chi connectivity index (χ3v) is 4.43. The van der Waals surface area contributed by atoms with Crippen molar-refractivity contribution in [2.75, 3.05) is 18.0 Å². The van der Waals surface area contributed by atoms with Crippen LogP contribution in [0.25, 0.3) is 0 Å². The molecular weight excluding hydrogens is 274 g/mol. The molecule has 2 aliphatic carbocycles. The molecule has 2 aliphatic rings. The average Bonchev–Trinajstić information content (AvgIpc) is 3.23. The molecule has 0 amide bonds. The smallest absolute Gasteiger partial charge is 0.0407 e. The Bertz CT molecular complexity index is 368. The monoisotopic (exact) mass is 293 g/mol. The molecule has 0 unspecified atom stereocenters. The van der Waals surface area contributed by atoms with Crippen molar-refractivity contribution in [1.29, 1.82) is 0 Å². The van der Waals surface area contributed by atoms with Gasteiger partial charge in [-0.25, -0.2) is 0 Å². The summed E-state index contributed by atoms with van der Waals surface area (Å²) in [4.78, 5) is 2.64. The van der Waals surface area contributed by atoms with E-state index in [4.69, 9.17) is 0 Å². The van der Waals surface area contributed by atoms with Gasteiger partial charge < -0.3 is 4.90 Å². The van der Waals surface area contributed by atoms with Gasteiger partial charge in [0.25, 0.3) is 0 Å². The molecule has 1 aromatic rings. The number of rotatable bonds is 6. The van der Waals surface area contributed by atoms with E-state index in [1.165, 1.54) is 50.0 Å². The van der Waals surface area contributed by atoms with E-state index in [1.807, 2.05) is 0 Å². The minimum atomic E-state index is 0.967. The summed E-state index contributed by atoms with van der Waals surface area (Å²) in [6.45, 7) is 2.56. The Morgan fingerprint density at radius 1 is 1.00 bits per heavy atom. The maximum absolute atomic E-state index is 3.61. The van der Waals surface area contributed by atoms with Crippen molar-refractivity contribution in [3.63, 3.8) is 0 Å². The van der Waals surface area contributed by atoms with Crippen molar-refractivity contribution >= 4 is 21.6 Å². The van der Waals surface area contributed by atoms with E-state index in [1.54, 1.807) is 0 Å². The zero-order valence-electron chi connectivity index (χ0n) is 10.2. The maximum Gasteiger partial charge on any atom is 0.0407 e. The van der Waals surface area contributed by atoms with E-state index in [0.717, 1.165) is 17.2 Å². The van der Waals surface area contributed by atoms with Crippen LogP contribution >= 0.6 is 15.9 Å². The zero-order chi connectivity index (χ0) is 11.7. The van der Waals surface area contributed by atoms with Gasteiger partial charge in [0.1, 0.15) is 0 Å². The standard InChI is InChI=1S/C15H20BrN/c16-9-14-3-1-2-4-15(14)17(10-12-5-6-12)11-13-7-8-13/h1-4,12-13H,5-11H2. The lowest BCUT2D eigenvalue weighted by Gasteiger charge is -2.27. The molecule has 2 fully saturated rings. The van der Waals surface area contributed by atoms with Gasteiger partial charge in [-0.1, -0.05) is 34.1 Å². The highest BCUT2D eigenvalue weighted by Crippen LogP contribution is 2.36. The van der Waals surface area contributed by atoms with Gasteiger partial charge in [0, 0.05) is 24.1 Å². The molecule has 0 saturated heterocycles. The fourth-order valence-electron chi connectivity index (χ4n) is 2.43. The second-order valence-electron chi connectivity index (χ2n) is 5.55. The van der Waals surface area contributed by atoms with Crippen molar-refractivity contribution in [1.82, 2.24) is 0 Å². The van der Waals surface area contributed by atoms with Gasteiger partial charge >= 0.3 is 0 Å². The third-order valence-electron chi connectivity index (χ3n) is 3.83. The van der Waals surface area contributed by atoms with Crippen molar-refractivity contribution in [3.05, 3.63) is 29.8 Å². The summed E-state index contributed by atoms with van der Waals surface area (Å²) in [5.41, 5.74) is 2.90. The van der Waals surface area contributed by atoms with Gasteiger partial charge in [0.05, 0.1) is 0 Å². The minimum Gasteiger partial charge on any atom is -0.371 e. The number of para-hydroxylation sites is 1. The molecule has 0 N–H and O–H groups in total. The molecule has 0 atom stereocenters. The number of benzene rings is 1. The lowest BCUT2D eigenvalue weighted by atomic mass is 10.1. The van der Waals surface area contributed by atoms with Crippen LogP contribution < -0.4 is 4.90 Å². The van der Waals surface area contributed by atoms with Crippen LogP contribution in [-0.4, -0.2) is 13.1 Å². The molecule has 92 valence electrons. The summed E-state index contributed by atoms with van der Waals surface area (Å²) in [7, 11) is 0. The van der Waals surface area contributed by atoms with Crippen LogP contribution in [0.15, 0.2) is 24.3 Å². The summed E-state index contributed by atoms with van der Waals surface area (Å²) in [5.74, 6) is 1.94. The molecule has 3 rings (SSSR count). The van der Waals surface area contributed by atoms with Crippen molar-refractivity contribution in [2.24, 2.45) is 11.8 Å². The van der Waals surface area contributed by atoms with E-state index < -0.39 is 0 Å². The first kappa shape index (κ1) is 11.6. The molecule has 1 nitrogen and oxygen atoms in total. The van der Waals surface area contributed by atoms with E-state index in [-0.39, 0.29) is 0 Å². The predicted molar refractivity (Wildman–Crippen MR) is 76.7 cm³/mol. The molecule has 17 heavy (non-hydrogen) atoms. The molecule has 0 radical (unpaired) electrons. The number of nitrogens with zero attached hydrogens (tertiary/aromatic N) is 1. The molecule has 0 aromatic heterocycles. The first-order valence-corrected chi connectivity index (χ1v) is 7.88. The molecular formula is C15H20BrN. The third kappa shape index (κ3) is 3.04. The van der Waals surface area contributed by atoms with Crippen LogP contribution in [0.1, 0.15) is 31.2 Å². The summed E-state index contributed by atoms with van der Waals surface area (Å²) >= 11 is 3.61. The normalized spacial score (nSPS) is 19.4. The Kier molecular flexibility index (Phi) is 3.41. The highest BCUT2D eigenvalue weighted by atomic mass is 79.9. The topological polar surface area (TPSA) is 3.24 Å². The van der Waals surface area contributed by atoms with E-state index in [0.29, 0.717) is 0 Å². The molecule has 0 heterocycles. The second kappa shape index (κ2) is 5.01. The summed E-state index contributed by atoms with van der Waals surface area (Å²) < 4.78 is 0. The van der Waals surface area contributed by atoms with Gasteiger partial charge in [-0.05, 0) is 49.1 Å². The molecule has 2 saturated carbocycles. The predicted octanol–water partition coefficient (Wildman–Crippen LogP) is 4.21. The number of halogens is 1. The zero-order valence-corrected chi connectivity index (χ0v) is 11.8. The van der Waals surface area contributed by atoms with Gasteiger partial charge in [-0.3, -0.25) is 0 Å². The molecule has 1 aromatic carbocycles. The number of anilines is 1. The van der Waals surface area contributed by atoms with Crippen molar-refractivity contribution in [3.8, 4) is 0 Å². The summed E-state index contributed by atoms with van der Waals surface area (Å²) in [6, 6.07) is 8.86. The SMILES string of the molecule is BrCc1ccccc1N(CC1CC1)CC1CC1. The number of hydrogen-bond donors (Lipinski definition) is 0. The van der Waals surface area contributed by atoms with Crippen molar-refractivity contribution in [2.45, 2.75) is 31.0 Å². The highest BCUT2D eigenvalue weighted by molar-refractivity contribution is 9.08. The van der Waals surface area contributed by atoms with Crippen LogP contribution in [0.4, 0.5) is 5.69 Å². The summed E-state index contributed by atoms with van der Waals surface area (Å²) in [6.07, 6.45) is 5.77. The van der Waals surface area contributed by atoms with Gasteiger partial charge in [-0.2, -0.15) is 0 Å². The Labute approximate surface area is 112 Å². The van der Waals surface area contributed by atoms with Crippen LogP contribution in [0.2, 0.25) is 0 Å². The first-order chi connectivity index (χ1) is 8.36. The van der Waals surface area contributed by atoms with Crippen LogP contribution in [0.5, 0.6) is 0 Å². The number of alkyl halides is 1. The van der Waals surface area contributed by atoms with Crippen molar-refractivity contribution < 1.29 is 0 Å². The minimum absolute atomic E-state index is 0.967. The van der Waals surface area contributed by atoms with Crippen LogP contribution in [-0.2, 0) is 5.33 Å². The fraction of sp³-hybridized carbons (Fsp3) is 0.600. The molecule has 2 heteroatoms. The Morgan fingerprint density at radius 2 is 1.59 bits per heavy atom. The largest absolute Gasteiger partial charge is 0.371 e. The van der Waals surface area contributed by atoms with Crippen LogP contribution in [0, 0.1) is 11.8 Å². The highest BCUT2D eigenvalue weighted by Gasteiger charge is 2.29. The Balaban J connectivity index is 1.78. The first-order valence-electron chi connectivity index (χ1n) is 6.75. The Morgan fingerprint density at radius 3 is 2.12 bits per heavy atom. The van der Waals surface area contributed by atoms with Gasteiger partial charge in [0.2, 0.25) is 0 Å². The quantitative estimate of drug-likeness (QED) is 0.710. The second-order valence-corrected chi connectivity index (χ2v) is 6.11. The van der Waals surface area contributed by atoms with E-state index in [9.17, 15) is 0 Å². The molecule has 0 bridgehead atoms. The van der Waals surface area contributed by atoms with Gasteiger partial charge in [0.15, 0.2) is 0 Å². The van der Waals surface area contributed by atoms with Crippen LogP contribution in [0.3, 0.4) is 0 Å². The van der Waals surface area contributed by atoms with E-state index >= 15 is 0 Å². The number of hydrogen-bond acceptors (Lipinski definition) is 1. The Hall–Kier alpha value is -0.500.